The number of para-hydroxylation sites is 1. The number of nitro groups is 1. The zero-order chi connectivity index (χ0) is 14.5. The van der Waals surface area contributed by atoms with E-state index < -0.39 is 10.9 Å². The number of nitrogens with one attached hydrogen (secondary N) is 1. The smallest absolute Gasteiger partial charge is 0.371 e. The molecule has 1 aromatic heterocycles. The van der Waals surface area contributed by atoms with Gasteiger partial charge >= 0.3 is 5.97 Å². The van der Waals surface area contributed by atoms with Crippen LogP contribution in [0.25, 0.3) is 0 Å². The van der Waals surface area contributed by atoms with Crippen LogP contribution < -0.4 is 5.32 Å². The van der Waals surface area contributed by atoms with E-state index in [9.17, 15) is 14.9 Å². The van der Waals surface area contributed by atoms with Gasteiger partial charge in [-0.3, -0.25) is 10.1 Å². The molecule has 0 amide bonds. The summed E-state index contributed by atoms with van der Waals surface area (Å²) in [6, 6.07) is 9.34. The Morgan fingerprint density at radius 3 is 2.65 bits per heavy atom. The van der Waals surface area contributed by atoms with Gasteiger partial charge in [0.1, 0.15) is 5.76 Å². The first-order valence-electron chi connectivity index (χ1n) is 5.83. The number of nitrogens with zero attached hydrogens (tertiary/aromatic N) is 1. The summed E-state index contributed by atoms with van der Waals surface area (Å²) >= 11 is 0. The van der Waals surface area contributed by atoms with Crippen molar-refractivity contribution in [3.8, 4) is 0 Å². The maximum atomic E-state index is 10.8. The standard InChI is InChI=1S/C13H12N2O5/c16-13(17)12-6-5-10(20-12)8-14-7-9-3-1-2-4-11(9)15(18)19/h1-6,14H,7-8H2,(H,16,17). The lowest BCUT2D eigenvalue weighted by Gasteiger charge is -2.04. The third-order valence-electron chi connectivity index (χ3n) is 2.68. The van der Waals surface area contributed by atoms with Gasteiger partial charge < -0.3 is 14.8 Å². The van der Waals surface area contributed by atoms with Crippen LogP contribution in [0.4, 0.5) is 5.69 Å². The van der Waals surface area contributed by atoms with Gasteiger partial charge in [-0.1, -0.05) is 18.2 Å². The molecule has 0 atom stereocenters. The molecule has 0 aliphatic heterocycles. The van der Waals surface area contributed by atoms with Crippen LogP contribution in [0.1, 0.15) is 21.9 Å². The van der Waals surface area contributed by atoms with Crippen LogP contribution in [-0.4, -0.2) is 16.0 Å². The number of furan rings is 1. The molecule has 0 fully saturated rings. The average molecular weight is 276 g/mol. The van der Waals surface area contributed by atoms with Crippen molar-refractivity contribution >= 4 is 11.7 Å². The van der Waals surface area contributed by atoms with Gasteiger partial charge in [0.15, 0.2) is 0 Å². The van der Waals surface area contributed by atoms with Crippen molar-refractivity contribution in [2.45, 2.75) is 13.1 Å². The maximum Gasteiger partial charge on any atom is 0.371 e. The number of rotatable bonds is 6. The van der Waals surface area contributed by atoms with E-state index in [0.717, 1.165) is 0 Å². The molecule has 7 heteroatoms. The molecule has 0 saturated heterocycles. The van der Waals surface area contributed by atoms with Gasteiger partial charge in [-0.15, -0.1) is 0 Å². The number of aromatic carboxylic acids is 1. The normalized spacial score (nSPS) is 10.4. The Morgan fingerprint density at radius 2 is 2.00 bits per heavy atom. The molecule has 0 unspecified atom stereocenters. The van der Waals surface area contributed by atoms with Gasteiger partial charge in [0.2, 0.25) is 5.76 Å². The molecule has 2 aromatic rings. The highest BCUT2D eigenvalue weighted by Gasteiger charge is 2.12. The van der Waals surface area contributed by atoms with Crippen molar-refractivity contribution in [2.24, 2.45) is 0 Å². The fraction of sp³-hybridized carbons (Fsp3) is 0.154. The van der Waals surface area contributed by atoms with Gasteiger partial charge in [-0.2, -0.15) is 0 Å². The van der Waals surface area contributed by atoms with E-state index in [-0.39, 0.29) is 11.4 Å². The Balaban J connectivity index is 1.96. The Kier molecular flexibility index (Phi) is 4.11. The first-order chi connectivity index (χ1) is 9.58. The molecule has 0 saturated carbocycles. The van der Waals surface area contributed by atoms with E-state index in [0.29, 0.717) is 24.4 Å². The lowest BCUT2D eigenvalue weighted by molar-refractivity contribution is -0.385. The van der Waals surface area contributed by atoms with Crippen LogP contribution in [0, 0.1) is 10.1 Å². The van der Waals surface area contributed by atoms with E-state index in [4.69, 9.17) is 9.52 Å². The van der Waals surface area contributed by atoms with Crippen LogP contribution in [0.15, 0.2) is 40.8 Å². The lowest BCUT2D eigenvalue weighted by Crippen LogP contribution is -2.13. The molecular weight excluding hydrogens is 264 g/mol. The van der Waals surface area contributed by atoms with Gasteiger partial charge in [-0.05, 0) is 12.1 Å². The molecule has 2 rings (SSSR count). The summed E-state index contributed by atoms with van der Waals surface area (Å²) in [4.78, 5) is 21.0. The number of carboxylic acid groups (broad SMARTS) is 1. The van der Waals surface area contributed by atoms with Crippen molar-refractivity contribution in [2.75, 3.05) is 0 Å². The summed E-state index contributed by atoms with van der Waals surface area (Å²) in [5, 5.41) is 22.5. The largest absolute Gasteiger partial charge is 0.475 e. The third kappa shape index (κ3) is 3.21. The zero-order valence-electron chi connectivity index (χ0n) is 10.4. The highest BCUT2D eigenvalue weighted by Crippen LogP contribution is 2.17. The molecule has 1 heterocycles. The van der Waals surface area contributed by atoms with E-state index in [1.54, 1.807) is 24.3 Å². The monoisotopic (exact) mass is 276 g/mol. The highest BCUT2D eigenvalue weighted by molar-refractivity contribution is 5.84. The Bertz CT molecular complexity index is 635. The fourth-order valence-electron chi connectivity index (χ4n) is 1.75. The van der Waals surface area contributed by atoms with Crippen LogP contribution in [-0.2, 0) is 13.1 Å². The van der Waals surface area contributed by atoms with Crippen molar-refractivity contribution in [1.29, 1.82) is 0 Å². The van der Waals surface area contributed by atoms with Gasteiger partial charge in [-0.25, -0.2) is 4.79 Å². The van der Waals surface area contributed by atoms with Crippen LogP contribution in [0.2, 0.25) is 0 Å². The van der Waals surface area contributed by atoms with Crippen LogP contribution in [0.3, 0.4) is 0 Å². The summed E-state index contributed by atoms with van der Waals surface area (Å²) < 4.78 is 5.06. The van der Waals surface area contributed by atoms with Crippen molar-refractivity contribution in [1.82, 2.24) is 5.32 Å². The zero-order valence-corrected chi connectivity index (χ0v) is 10.4. The first kappa shape index (κ1) is 13.8. The summed E-state index contributed by atoms with van der Waals surface area (Å²) in [5.74, 6) is -0.802. The maximum absolute atomic E-state index is 10.8. The summed E-state index contributed by atoms with van der Waals surface area (Å²) in [7, 11) is 0. The summed E-state index contributed by atoms with van der Waals surface area (Å²) in [6.07, 6.45) is 0. The second kappa shape index (κ2) is 5.98. The summed E-state index contributed by atoms with van der Waals surface area (Å²) in [5.41, 5.74) is 0.605. The van der Waals surface area contributed by atoms with Crippen molar-refractivity contribution in [3.05, 3.63) is 63.6 Å². The Morgan fingerprint density at radius 1 is 1.25 bits per heavy atom. The van der Waals surface area contributed by atoms with Crippen molar-refractivity contribution in [3.63, 3.8) is 0 Å². The SMILES string of the molecule is O=C(O)c1ccc(CNCc2ccccc2[N+](=O)[O-])o1. The minimum absolute atomic E-state index is 0.0469. The molecular formula is C13H12N2O5. The number of carboxylic acids is 1. The number of benzene rings is 1. The number of nitro benzene ring substituents is 1. The van der Waals surface area contributed by atoms with Gasteiger partial charge in [0, 0.05) is 18.2 Å². The molecule has 0 aliphatic rings. The fourth-order valence-corrected chi connectivity index (χ4v) is 1.75. The van der Waals surface area contributed by atoms with E-state index in [1.165, 1.54) is 12.1 Å². The molecule has 0 radical (unpaired) electrons. The van der Waals surface area contributed by atoms with E-state index >= 15 is 0 Å². The molecule has 7 nitrogen and oxygen atoms in total. The Hall–Kier alpha value is -2.67. The molecule has 2 N–H and O–H groups in total. The number of carbonyl (C=O) groups is 1. The Labute approximate surface area is 114 Å². The van der Waals surface area contributed by atoms with E-state index in [2.05, 4.69) is 5.32 Å². The second-order valence-corrected chi connectivity index (χ2v) is 4.06. The second-order valence-electron chi connectivity index (χ2n) is 4.06. The molecule has 20 heavy (non-hydrogen) atoms. The quantitative estimate of drug-likeness (QED) is 0.618. The predicted octanol–water partition coefficient (Wildman–Crippen LogP) is 2.18. The lowest BCUT2D eigenvalue weighted by atomic mass is 10.2. The molecule has 104 valence electrons. The number of hydrogen-bond donors (Lipinski definition) is 2. The molecule has 0 bridgehead atoms. The molecule has 1 aromatic carbocycles. The summed E-state index contributed by atoms with van der Waals surface area (Å²) in [6.45, 7) is 0.583. The third-order valence-corrected chi connectivity index (χ3v) is 2.68. The van der Waals surface area contributed by atoms with Crippen molar-refractivity contribution < 1.29 is 19.2 Å². The minimum Gasteiger partial charge on any atom is -0.475 e. The van der Waals surface area contributed by atoms with Crippen LogP contribution in [0.5, 0.6) is 0 Å². The highest BCUT2D eigenvalue weighted by atomic mass is 16.6. The van der Waals surface area contributed by atoms with Crippen LogP contribution >= 0.6 is 0 Å². The topological polar surface area (TPSA) is 106 Å². The number of hydrogen-bond acceptors (Lipinski definition) is 5. The van der Waals surface area contributed by atoms with Gasteiger partial charge in [0.25, 0.3) is 5.69 Å². The average Bonchev–Trinajstić information content (AvgIpc) is 2.88. The minimum atomic E-state index is -1.13. The molecule has 0 spiro atoms. The van der Waals surface area contributed by atoms with E-state index in [1.807, 2.05) is 0 Å². The predicted molar refractivity (Wildman–Crippen MR) is 69.3 cm³/mol. The van der Waals surface area contributed by atoms with Gasteiger partial charge in [0.05, 0.1) is 11.5 Å². The molecule has 0 aliphatic carbocycles. The first-order valence-corrected chi connectivity index (χ1v) is 5.83.